The zero-order chi connectivity index (χ0) is 4.50. The Labute approximate surface area is 132 Å². The summed E-state index contributed by atoms with van der Waals surface area (Å²) < 4.78 is 31.6. The van der Waals surface area contributed by atoms with Gasteiger partial charge in [-0.3, -0.25) is 9.11 Å². The van der Waals surface area contributed by atoms with Crippen LogP contribution < -0.4 is 80.9 Å². The first kappa shape index (κ1) is 29.6. The van der Waals surface area contributed by atoms with E-state index in [-0.39, 0.29) is 107 Å². The van der Waals surface area contributed by atoms with Crippen LogP contribution in [0.1, 0.15) is 2.85 Å². The Morgan fingerprint density at radius 3 is 1.22 bits per heavy atom. The van der Waals surface area contributed by atoms with Gasteiger partial charge in [-0.25, -0.2) is 0 Å². The van der Waals surface area contributed by atoms with Crippen LogP contribution in [0.4, 0.5) is 0 Å². The molecule has 0 bridgehead atoms. The van der Waals surface area contributed by atoms with Gasteiger partial charge in [0.05, 0.1) is 0 Å². The van der Waals surface area contributed by atoms with E-state index in [9.17, 15) is 0 Å². The van der Waals surface area contributed by atoms with E-state index in [1.165, 1.54) is 0 Å². The zero-order valence-corrected chi connectivity index (χ0v) is 10.6. The van der Waals surface area contributed by atoms with Gasteiger partial charge in [-0.05, 0) is 0 Å². The molecule has 4 N–H and O–H groups in total. The minimum atomic E-state index is -4.67. The second-order valence-electron chi connectivity index (χ2n) is 0.448. The molecule has 0 aliphatic carbocycles. The quantitative estimate of drug-likeness (QED) is 0.306. The van der Waals surface area contributed by atoms with Crippen LogP contribution in [0, 0.1) is 0 Å². The number of hydrogen-bond donors (Lipinski definition) is 2. The van der Waals surface area contributed by atoms with Crippen molar-refractivity contribution in [2.75, 3.05) is 0 Å². The molecule has 9 heavy (non-hydrogen) atoms. The van der Waals surface area contributed by atoms with Crippen LogP contribution in [0.5, 0.6) is 0 Å². The molecule has 0 aromatic heterocycles. The normalized spacial score (nSPS) is 6.44. The SMILES string of the molecule is O.O=S(=O)(O)O.[AlH3].[H-].[H-].[K+].[Na+]. The summed E-state index contributed by atoms with van der Waals surface area (Å²) in [6, 6.07) is 0. The van der Waals surface area contributed by atoms with Gasteiger partial charge in [0, 0.05) is 0 Å². The predicted molar refractivity (Wildman–Crippen MR) is 30.0 cm³/mol. The summed E-state index contributed by atoms with van der Waals surface area (Å²) in [6.07, 6.45) is 0. The predicted octanol–water partition coefficient (Wildman–Crippen LogP) is -8.43. The standard InChI is InChI=1S/Al.K.Na.H2O4S.H2O.5H/c;;;1-5(2,3)4;;;;;;/h;;;(H2,1,2,3,4);1H2;;;;;/q;2*+1;;;;;;2*-1. The topological polar surface area (TPSA) is 106 Å². The molecule has 0 aliphatic heterocycles. The summed E-state index contributed by atoms with van der Waals surface area (Å²) in [5.74, 6) is 0. The number of rotatable bonds is 0. The summed E-state index contributed by atoms with van der Waals surface area (Å²) >= 11 is 0. The van der Waals surface area contributed by atoms with E-state index in [4.69, 9.17) is 17.5 Å². The van der Waals surface area contributed by atoms with Crippen molar-refractivity contribution in [1.29, 1.82) is 0 Å². The Morgan fingerprint density at radius 2 is 1.22 bits per heavy atom. The van der Waals surface area contributed by atoms with Crippen molar-refractivity contribution in [3.63, 3.8) is 0 Å². The first-order chi connectivity index (χ1) is 2.00. The van der Waals surface area contributed by atoms with E-state index >= 15 is 0 Å². The molecule has 0 heterocycles. The summed E-state index contributed by atoms with van der Waals surface area (Å²) in [5.41, 5.74) is 0. The van der Waals surface area contributed by atoms with Crippen molar-refractivity contribution in [1.82, 2.24) is 0 Å². The molecule has 0 rings (SSSR count). The minimum Gasteiger partial charge on any atom is -1.00 e. The van der Waals surface area contributed by atoms with E-state index in [1.807, 2.05) is 0 Å². The van der Waals surface area contributed by atoms with Gasteiger partial charge in [-0.2, -0.15) is 8.42 Å². The fourth-order valence-corrected chi connectivity index (χ4v) is 0. The molecule has 0 aliphatic rings. The maximum atomic E-state index is 8.74. The van der Waals surface area contributed by atoms with Crippen LogP contribution in [0.3, 0.4) is 0 Å². The molecule has 0 unspecified atom stereocenters. The molecule has 0 aromatic carbocycles. The summed E-state index contributed by atoms with van der Waals surface area (Å²) in [6.45, 7) is 0. The van der Waals surface area contributed by atoms with Crippen LogP contribution in [0.15, 0.2) is 0 Å². The van der Waals surface area contributed by atoms with Gasteiger partial charge in [0.15, 0.2) is 17.4 Å². The fourth-order valence-electron chi connectivity index (χ4n) is 0. The van der Waals surface area contributed by atoms with Crippen LogP contribution in [-0.2, 0) is 10.4 Å². The Hall–Kier alpha value is 3.00. The summed E-state index contributed by atoms with van der Waals surface area (Å²) in [5, 5.41) is 0. The van der Waals surface area contributed by atoms with Crippen LogP contribution in [0.25, 0.3) is 0 Å². The third-order valence-electron chi connectivity index (χ3n) is 0. The molecule has 0 amide bonds. The Kier molecular flexibility index (Phi) is 44.7. The third-order valence-corrected chi connectivity index (χ3v) is 0. The maximum Gasteiger partial charge on any atom is 1.00 e. The van der Waals surface area contributed by atoms with E-state index in [0.29, 0.717) is 0 Å². The zero-order valence-electron chi connectivity index (χ0n) is 6.62. The van der Waals surface area contributed by atoms with Crippen molar-refractivity contribution < 1.29 is 107 Å². The smallest absolute Gasteiger partial charge is 1.00 e. The molecule has 0 aromatic rings. The van der Waals surface area contributed by atoms with Gasteiger partial charge in [0.2, 0.25) is 0 Å². The van der Waals surface area contributed by atoms with E-state index in [1.54, 1.807) is 0 Å². The monoisotopic (exact) mass is 210 g/mol. The van der Waals surface area contributed by atoms with Crippen molar-refractivity contribution in [2.24, 2.45) is 0 Å². The molecule has 5 nitrogen and oxygen atoms in total. The molecule has 0 saturated heterocycles. The van der Waals surface area contributed by atoms with Crippen LogP contribution in [-0.4, -0.2) is 40.4 Å². The number of hydrogen-bond acceptors (Lipinski definition) is 2. The van der Waals surface area contributed by atoms with E-state index in [0.717, 1.165) is 0 Å². The van der Waals surface area contributed by atoms with Gasteiger partial charge in [-0.1, -0.05) is 0 Å². The largest absolute Gasteiger partial charge is 1.00 e. The molecule has 0 radical (unpaired) electrons. The average Bonchev–Trinajstić information content (AvgIpc) is 0.722. The molecular formula is H9AlKNaO5S. The van der Waals surface area contributed by atoms with E-state index in [2.05, 4.69) is 0 Å². The minimum absolute atomic E-state index is 0. The van der Waals surface area contributed by atoms with Gasteiger partial charge in [-0.15, -0.1) is 0 Å². The van der Waals surface area contributed by atoms with Crippen LogP contribution >= 0.6 is 0 Å². The molecule has 0 spiro atoms. The van der Waals surface area contributed by atoms with Crippen molar-refractivity contribution in [2.45, 2.75) is 0 Å². The first-order valence-corrected chi connectivity index (χ1v) is 2.10. The molecule has 0 fully saturated rings. The molecule has 0 saturated carbocycles. The maximum absolute atomic E-state index is 8.74. The molecular weight excluding hydrogens is 201 g/mol. The van der Waals surface area contributed by atoms with Gasteiger partial charge in [0.1, 0.15) is 0 Å². The van der Waals surface area contributed by atoms with Gasteiger partial charge >= 0.3 is 91.3 Å². The van der Waals surface area contributed by atoms with Crippen molar-refractivity contribution >= 4 is 27.8 Å². The summed E-state index contributed by atoms with van der Waals surface area (Å²) in [7, 11) is -4.67. The Balaban J connectivity index is -0.00000000533. The molecule has 9 heteroatoms. The van der Waals surface area contributed by atoms with E-state index < -0.39 is 10.4 Å². The second kappa shape index (κ2) is 13.6. The van der Waals surface area contributed by atoms with Crippen LogP contribution in [0.2, 0.25) is 0 Å². The van der Waals surface area contributed by atoms with Gasteiger partial charge < -0.3 is 8.33 Å². The average molecular weight is 210 g/mol. The fraction of sp³-hybridized carbons (Fsp3) is 0. The van der Waals surface area contributed by atoms with Gasteiger partial charge in [0.25, 0.3) is 0 Å². The molecule has 0 atom stereocenters. The first-order valence-electron chi connectivity index (χ1n) is 0.698. The molecule has 50 valence electrons. The second-order valence-corrected chi connectivity index (χ2v) is 1.34. The Morgan fingerprint density at radius 1 is 1.22 bits per heavy atom. The van der Waals surface area contributed by atoms with Crippen molar-refractivity contribution in [3.8, 4) is 0 Å². The summed E-state index contributed by atoms with van der Waals surface area (Å²) in [4.78, 5) is 0. The third kappa shape index (κ3) is 99.0. The Bertz CT molecular complexity index is 108. The van der Waals surface area contributed by atoms with Crippen molar-refractivity contribution in [3.05, 3.63) is 0 Å².